The molecule has 1 saturated carbocycles. The molecule has 0 aromatic heterocycles. The van der Waals surface area contributed by atoms with Crippen LogP contribution in [0.15, 0.2) is 0 Å². The summed E-state index contributed by atoms with van der Waals surface area (Å²) >= 11 is 5.28. The van der Waals surface area contributed by atoms with Crippen LogP contribution < -0.4 is 10.6 Å². The first-order chi connectivity index (χ1) is 8.40. The van der Waals surface area contributed by atoms with Crippen molar-refractivity contribution in [2.24, 2.45) is 5.92 Å². The fourth-order valence-electron chi connectivity index (χ4n) is 2.57. The molecule has 0 heterocycles. The molecule has 1 rings (SSSR count). The van der Waals surface area contributed by atoms with Crippen molar-refractivity contribution in [3.63, 3.8) is 0 Å². The second-order valence-electron chi connectivity index (χ2n) is 6.47. The van der Waals surface area contributed by atoms with Crippen molar-refractivity contribution in [2.45, 2.75) is 70.9 Å². The smallest absolute Gasteiger partial charge is 0.166 e. The Morgan fingerprint density at radius 2 is 1.89 bits per heavy atom. The molecule has 1 aliphatic rings. The second-order valence-corrected chi connectivity index (χ2v) is 6.88. The lowest BCUT2D eigenvalue weighted by Crippen LogP contribution is -2.50. The van der Waals surface area contributed by atoms with Crippen LogP contribution in [0.4, 0.5) is 0 Å². The number of rotatable bonds is 4. The average Bonchev–Trinajstić information content (AvgIpc) is 2.27. The molecule has 0 radical (unpaired) electrons. The number of thiocarbonyl (C=S) groups is 1. The van der Waals surface area contributed by atoms with E-state index in [1.807, 2.05) is 0 Å². The van der Waals surface area contributed by atoms with Gasteiger partial charge in [-0.05, 0) is 45.3 Å². The molecule has 106 valence electrons. The Morgan fingerprint density at radius 3 is 2.39 bits per heavy atom. The van der Waals surface area contributed by atoms with Gasteiger partial charge in [0.1, 0.15) is 0 Å². The number of aliphatic hydroxyl groups is 1. The van der Waals surface area contributed by atoms with E-state index in [4.69, 9.17) is 12.2 Å². The van der Waals surface area contributed by atoms with Gasteiger partial charge < -0.3 is 15.7 Å². The van der Waals surface area contributed by atoms with Gasteiger partial charge >= 0.3 is 0 Å². The zero-order chi connectivity index (χ0) is 13.6. The quantitative estimate of drug-likeness (QED) is 0.688. The zero-order valence-corrected chi connectivity index (χ0v) is 12.8. The summed E-state index contributed by atoms with van der Waals surface area (Å²) < 4.78 is 0. The van der Waals surface area contributed by atoms with Crippen molar-refractivity contribution in [2.75, 3.05) is 6.61 Å². The summed E-state index contributed by atoms with van der Waals surface area (Å²) in [7, 11) is 0. The van der Waals surface area contributed by atoms with Crippen molar-refractivity contribution in [3.8, 4) is 0 Å². The van der Waals surface area contributed by atoms with Gasteiger partial charge in [0.15, 0.2) is 5.11 Å². The lowest BCUT2D eigenvalue weighted by Gasteiger charge is -2.29. The number of nitrogens with one attached hydrogen (secondary N) is 2. The van der Waals surface area contributed by atoms with Gasteiger partial charge in [0, 0.05) is 5.54 Å². The molecule has 0 aliphatic heterocycles. The van der Waals surface area contributed by atoms with Gasteiger partial charge in [0.2, 0.25) is 0 Å². The normalized spacial score (nSPS) is 19.3. The third-order valence-electron chi connectivity index (χ3n) is 3.39. The Kier molecular flexibility index (Phi) is 6.36. The molecule has 1 atom stereocenters. The minimum Gasteiger partial charge on any atom is -0.394 e. The van der Waals surface area contributed by atoms with Crippen molar-refractivity contribution in [1.29, 1.82) is 0 Å². The van der Waals surface area contributed by atoms with Crippen LogP contribution in [0.2, 0.25) is 0 Å². The SMILES string of the molecule is CC(C)(C)NC(=S)N[C@H](CO)CC1CCCCC1. The first kappa shape index (κ1) is 15.7. The summed E-state index contributed by atoms with van der Waals surface area (Å²) in [5.41, 5.74) is -0.0328. The molecule has 0 amide bonds. The Morgan fingerprint density at radius 1 is 1.28 bits per heavy atom. The zero-order valence-electron chi connectivity index (χ0n) is 12.0. The van der Waals surface area contributed by atoms with E-state index < -0.39 is 0 Å². The first-order valence-corrected chi connectivity index (χ1v) is 7.51. The predicted molar refractivity (Wildman–Crippen MR) is 80.7 cm³/mol. The Labute approximate surface area is 117 Å². The maximum absolute atomic E-state index is 9.45. The van der Waals surface area contributed by atoms with Gasteiger partial charge in [0.25, 0.3) is 0 Å². The van der Waals surface area contributed by atoms with Crippen LogP contribution >= 0.6 is 12.2 Å². The summed E-state index contributed by atoms with van der Waals surface area (Å²) in [5.74, 6) is 0.751. The molecule has 1 fully saturated rings. The van der Waals surface area contributed by atoms with Crippen LogP contribution in [0.3, 0.4) is 0 Å². The summed E-state index contributed by atoms with van der Waals surface area (Å²) in [6.45, 7) is 6.39. The molecule has 0 saturated heterocycles. The fourth-order valence-corrected chi connectivity index (χ4v) is 3.04. The maximum Gasteiger partial charge on any atom is 0.166 e. The number of hydrogen-bond donors (Lipinski definition) is 3. The first-order valence-electron chi connectivity index (χ1n) is 7.10. The average molecular weight is 272 g/mol. The van der Waals surface area contributed by atoms with E-state index >= 15 is 0 Å². The molecule has 0 unspecified atom stereocenters. The molecule has 3 nitrogen and oxygen atoms in total. The highest BCUT2D eigenvalue weighted by Crippen LogP contribution is 2.27. The standard InChI is InChI=1S/C14H28N2OS/c1-14(2,3)16-13(18)15-12(10-17)9-11-7-5-4-6-8-11/h11-12,17H,4-10H2,1-3H3,(H2,15,16,18)/t12-/m0/s1. The van der Waals surface area contributed by atoms with E-state index in [2.05, 4.69) is 31.4 Å². The van der Waals surface area contributed by atoms with E-state index in [-0.39, 0.29) is 18.2 Å². The lowest BCUT2D eigenvalue weighted by atomic mass is 9.85. The predicted octanol–water partition coefficient (Wildman–Crippen LogP) is 2.58. The van der Waals surface area contributed by atoms with Crippen molar-refractivity contribution < 1.29 is 5.11 Å². The van der Waals surface area contributed by atoms with Crippen molar-refractivity contribution in [3.05, 3.63) is 0 Å². The Bertz CT molecular complexity index is 257. The van der Waals surface area contributed by atoms with E-state index in [0.717, 1.165) is 12.3 Å². The summed E-state index contributed by atoms with van der Waals surface area (Å²) in [4.78, 5) is 0. The largest absolute Gasteiger partial charge is 0.394 e. The van der Waals surface area contributed by atoms with Crippen molar-refractivity contribution in [1.82, 2.24) is 10.6 Å². The number of aliphatic hydroxyl groups excluding tert-OH is 1. The highest BCUT2D eigenvalue weighted by atomic mass is 32.1. The highest BCUT2D eigenvalue weighted by Gasteiger charge is 2.20. The third-order valence-corrected chi connectivity index (χ3v) is 3.61. The van der Waals surface area contributed by atoms with E-state index in [1.54, 1.807) is 0 Å². The molecule has 3 N–H and O–H groups in total. The molecule has 18 heavy (non-hydrogen) atoms. The van der Waals surface area contributed by atoms with Crippen LogP contribution in [0.5, 0.6) is 0 Å². The fraction of sp³-hybridized carbons (Fsp3) is 0.929. The molecule has 1 aliphatic carbocycles. The van der Waals surface area contributed by atoms with E-state index in [0.29, 0.717) is 5.11 Å². The van der Waals surface area contributed by atoms with Gasteiger partial charge in [-0.15, -0.1) is 0 Å². The molecule has 0 bridgehead atoms. The van der Waals surface area contributed by atoms with E-state index in [9.17, 15) is 5.11 Å². The van der Waals surface area contributed by atoms with Crippen LogP contribution in [0.25, 0.3) is 0 Å². The molecule has 4 heteroatoms. The maximum atomic E-state index is 9.45. The molecule has 0 aromatic carbocycles. The van der Waals surface area contributed by atoms with Crippen LogP contribution in [-0.2, 0) is 0 Å². The Hall–Kier alpha value is -0.350. The summed E-state index contributed by atoms with van der Waals surface area (Å²) in [6, 6.07) is 0.0930. The summed E-state index contributed by atoms with van der Waals surface area (Å²) in [5, 5.41) is 16.6. The highest BCUT2D eigenvalue weighted by molar-refractivity contribution is 7.80. The minimum absolute atomic E-state index is 0.0328. The molecular weight excluding hydrogens is 244 g/mol. The van der Waals surface area contributed by atoms with Gasteiger partial charge in [-0.3, -0.25) is 0 Å². The topological polar surface area (TPSA) is 44.3 Å². The van der Waals surface area contributed by atoms with Gasteiger partial charge in [0.05, 0.1) is 12.6 Å². The summed E-state index contributed by atoms with van der Waals surface area (Å²) in [6.07, 6.45) is 7.69. The second kappa shape index (κ2) is 7.29. The lowest BCUT2D eigenvalue weighted by molar-refractivity contribution is 0.216. The number of hydrogen-bond acceptors (Lipinski definition) is 2. The minimum atomic E-state index is -0.0328. The Balaban J connectivity index is 2.34. The molecule has 0 spiro atoms. The van der Waals surface area contributed by atoms with E-state index in [1.165, 1.54) is 32.1 Å². The molecule has 0 aromatic rings. The third kappa shape index (κ3) is 6.55. The van der Waals surface area contributed by atoms with Crippen molar-refractivity contribution >= 4 is 17.3 Å². The van der Waals surface area contributed by atoms with Gasteiger partial charge in [-0.1, -0.05) is 32.1 Å². The monoisotopic (exact) mass is 272 g/mol. The van der Waals surface area contributed by atoms with Crippen LogP contribution in [-0.4, -0.2) is 28.4 Å². The van der Waals surface area contributed by atoms with Gasteiger partial charge in [-0.2, -0.15) is 0 Å². The van der Waals surface area contributed by atoms with Crippen LogP contribution in [0, 0.1) is 5.92 Å². The van der Waals surface area contributed by atoms with Gasteiger partial charge in [-0.25, -0.2) is 0 Å². The van der Waals surface area contributed by atoms with Crippen LogP contribution in [0.1, 0.15) is 59.3 Å². The molecular formula is C14H28N2OS.